The number of nitrogens with zero attached hydrogens (tertiary/aromatic N) is 2. The van der Waals surface area contributed by atoms with E-state index in [2.05, 4.69) is 11.9 Å². The van der Waals surface area contributed by atoms with Gasteiger partial charge in [-0.25, -0.2) is 4.98 Å². The van der Waals surface area contributed by atoms with Crippen molar-refractivity contribution in [2.24, 2.45) is 0 Å². The molecule has 0 radical (unpaired) electrons. The zero-order valence-corrected chi connectivity index (χ0v) is 15.8. The fourth-order valence-corrected chi connectivity index (χ4v) is 3.18. The first-order valence-electron chi connectivity index (χ1n) is 10.4. The highest BCUT2D eigenvalue weighted by Gasteiger charge is 2.02. The number of aromatic nitrogens is 2. The Balaban J connectivity index is 1.74. The third-order valence-corrected chi connectivity index (χ3v) is 4.79. The van der Waals surface area contributed by atoms with Crippen LogP contribution in [-0.4, -0.2) is 15.5 Å². The van der Waals surface area contributed by atoms with E-state index >= 15 is 0 Å². The third-order valence-electron chi connectivity index (χ3n) is 4.79. The van der Waals surface area contributed by atoms with Crippen molar-refractivity contribution < 1.29 is 4.79 Å². The Hall–Kier alpha value is -1.12. The molecule has 0 amide bonds. The number of unbranched alkanes of at least 4 members (excludes halogenated alkanes) is 14. The highest BCUT2D eigenvalue weighted by atomic mass is 16.2. The first kappa shape index (κ1) is 20.9. The average molecular weight is 335 g/mol. The van der Waals surface area contributed by atoms with Gasteiger partial charge in [-0.1, -0.05) is 96.8 Å². The van der Waals surface area contributed by atoms with Crippen LogP contribution in [0, 0.1) is 0 Å². The van der Waals surface area contributed by atoms with Gasteiger partial charge in [0.2, 0.25) is 5.91 Å². The van der Waals surface area contributed by atoms with Crippen LogP contribution in [0.3, 0.4) is 0 Å². The highest BCUT2D eigenvalue weighted by Crippen LogP contribution is 2.13. The molecule has 1 heterocycles. The average Bonchev–Trinajstić information content (AvgIpc) is 3.13. The second-order valence-corrected chi connectivity index (χ2v) is 7.06. The van der Waals surface area contributed by atoms with Crippen LogP contribution in [0.15, 0.2) is 18.7 Å². The van der Waals surface area contributed by atoms with Crippen LogP contribution >= 0.6 is 0 Å². The molecule has 0 aliphatic heterocycles. The Morgan fingerprint density at radius 2 is 1.21 bits per heavy atom. The lowest BCUT2D eigenvalue weighted by molar-refractivity contribution is 0.0898. The molecule has 0 bridgehead atoms. The first-order chi connectivity index (χ1) is 11.8. The number of imidazole rings is 1. The number of hydrogen-bond acceptors (Lipinski definition) is 2. The summed E-state index contributed by atoms with van der Waals surface area (Å²) in [6.45, 7) is 2.28. The van der Waals surface area contributed by atoms with Crippen LogP contribution in [-0.2, 0) is 0 Å². The van der Waals surface area contributed by atoms with Crippen molar-refractivity contribution in [1.82, 2.24) is 9.55 Å². The second kappa shape index (κ2) is 15.4. The molecule has 3 heteroatoms. The molecule has 0 fully saturated rings. The van der Waals surface area contributed by atoms with Crippen LogP contribution < -0.4 is 0 Å². The topological polar surface area (TPSA) is 34.9 Å². The van der Waals surface area contributed by atoms with E-state index in [1.54, 1.807) is 23.3 Å². The van der Waals surface area contributed by atoms with Crippen LogP contribution in [0.5, 0.6) is 0 Å². The summed E-state index contributed by atoms with van der Waals surface area (Å²) in [5.74, 6) is 0.169. The van der Waals surface area contributed by atoms with Gasteiger partial charge in [-0.2, -0.15) is 0 Å². The maximum Gasteiger partial charge on any atom is 0.231 e. The zero-order chi connectivity index (χ0) is 17.3. The van der Waals surface area contributed by atoms with E-state index in [9.17, 15) is 4.79 Å². The number of rotatable bonds is 16. The number of carbonyl (C=O) groups excluding carboxylic acids is 1. The quantitative estimate of drug-likeness (QED) is 0.312. The Morgan fingerprint density at radius 3 is 1.62 bits per heavy atom. The van der Waals surface area contributed by atoms with Gasteiger partial charge in [-0.15, -0.1) is 0 Å². The standard InChI is InChI=1S/C21H38N2O/c1-2-3-4-5-6-7-8-9-10-11-12-13-14-15-16-17-21(24)23-19-18-22-20-23/h18-20H,2-17H2,1H3. The lowest BCUT2D eigenvalue weighted by Crippen LogP contribution is -2.07. The Labute approximate surface area is 149 Å². The summed E-state index contributed by atoms with van der Waals surface area (Å²) in [5, 5.41) is 0. The Kier molecular flexibility index (Phi) is 13.4. The van der Waals surface area contributed by atoms with Gasteiger partial charge in [0.25, 0.3) is 0 Å². The van der Waals surface area contributed by atoms with Crippen molar-refractivity contribution in [2.75, 3.05) is 0 Å². The summed E-state index contributed by atoms with van der Waals surface area (Å²) < 4.78 is 1.59. The van der Waals surface area contributed by atoms with Gasteiger partial charge in [0.15, 0.2) is 0 Å². The lowest BCUT2D eigenvalue weighted by atomic mass is 10.0. The predicted molar refractivity (Wildman–Crippen MR) is 102 cm³/mol. The molecule has 0 N–H and O–H groups in total. The summed E-state index contributed by atoms with van der Waals surface area (Å²) in [7, 11) is 0. The van der Waals surface area contributed by atoms with Crippen molar-refractivity contribution in [1.29, 1.82) is 0 Å². The minimum atomic E-state index is 0.169. The van der Waals surface area contributed by atoms with Crippen LogP contribution in [0.25, 0.3) is 0 Å². The molecule has 0 aromatic carbocycles. The summed E-state index contributed by atoms with van der Waals surface area (Å²) in [6.07, 6.45) is 26.0. The Morgan fingerprint density at radius 1 is 0.750 bits per heavy atom. The molecular weight excluding hydrogens is 296 g/mol. The second-order valence-electron chi connectivity index (χ2n) is 7.06. The van der Waals surface area contributed by atoms with Gasteiger partial charge in [0.1, 0.15) is 6.33 Å². The summed E-state index contributed by atoms with van der Waals surface area (Å²) in [6, 6.07) is 0. The molecule has 0 unspecified atom stereocenters. The molecule has 3 nitrogen and oxygen atoms in total. The Bertz CT molecular complexity index is 387. The number of hydrogen-bond donors (Lipinski definition) is 0. The lowest BCUT2D eigenvalue weighted by Gasteiger charge is -2.03. The molecular formula is C21H38N2O. The van der Waals surface area contributed by atoms with E-state index in [-0.39, 0.29) is 5.91 Å². The zero-order valence-electron chi connectivity index (χ0n) is 15.8. The van der Waals surface area contributed by atoms with Gasteiger partial charge in [0, 0.05) is 18.8 Å². The molecule has 1 rings (SSSR count). The van der Waals surface area contributed by atoms with E-state index in [1.165, 1.54) is 89.9 Å². The summed E-state index contributed by atoms with van der Waals surface area (Å²) >= 11 is 0. The van der Waals surface area contributed by atoms with Gasteiger partial charge in [0.05, 0.1) is 0 Å². The fourth-order valence-electron chi connectivity index (χ4n) is 3.18. The molecule has 138 valence electrons. The molecule has 24 heavy (non-hydrogen) atoms. The van der Waals surface area contributed by atoms with Crippen molar-refractivity contribution >= 4 is 5.91 Å². The van der Waals surface area contributed by atoms with Gasteiger partial charge >= 0.3 is 0 Å². The first-order valence-corrected chi connectivity index (χ1v) is 10.4. The smallest absolute Gasteiger partial charge is 0.231 e. The molecule has 1 aromatic rings. The molecule has 1 aromatic heterocycles. The molecule has 0 aliphatic carbocycles. The molecule has 0 spiro atoms. The van der Waals surface area contributed by atoms with Crippen molar-refractivity contribution in [2.45, 2.75) is 110 Å². The molecule has 0 atom stereocenters. The molecule has 0 aliphatic rings. The van der Waals surface area contributed by atoms with E-state index in [1.807, 2.05) is 0 Å². The van der Waals surface area contributed by atoms with E-state index in [0.29, 0.717) is 6.42 Å². The van der Waals surface area contributed by atoms with Gasteiger partial charge < -0.3 is 0 Å². The van der Waals surface area contributed by atoms with E-state index < -0.39 is 0 Å². The highest BCUT2D eigenvalue weighted by molar-refractivity contribution is 5.78. The van der Waals surface area contributed by atoms with Gasteiger partial charge in [-0.3, -0.25) is 9.36 Å². The largest absolute Gasteiger partial charge is 0.276 e. The van der Waals surface area contributed by atoms with Crippen LogP contribution in [0.1, 0.15) is 114 Å². The van der Waals surface area contributed by atoms with Gasteiger partial charge in [-0.05, 0) is 6.42 Å². The maximum absolute atomic E-state index is 11.8. The van der Waals surface area contributed by atoms with Crippen LogP contribution in [0.2, 0.25) is 0 Å². The third kappa shape index (κ3) is 11.4. The SMILES string of the molecule is CCCCCCCCCCCCCCCCCC(=O)n1ccnc1. The van der Waals surface area contributed by atoms with Crippen molar-refractivity contribution in [3.05, 3.63) is 18.7 Å². The minimum absolute atomic E-state index is 0.169. The van der Waals surface area contributed by atoms with Crippen LogP contribution in [0.4, 0.5) is 0 Å². The monoisotopic (exact) mass is 334 g/mol. The van der Waals surface area contributed by atoms with E-state index in [0.717, 1.165) is 6.42 Å². The van der Waals surface area contributed by atoms with Crippen molar-refractivity contribution in [3.63, 3.8) is 0 Å². The maximum atomic E-state index is 11.8. The molecule has 0 saturated heterocycles. The minimum Gasteiger partial charge on any atom is -0.276 e. The molecule has 0 saturated carbocycles. The van der Waals surface area contributed by atoms with E-state index in [4.69, 9.17) is 0 Å². The predicted octanol–water partition coefficient (Wildman–Crippen LogP) is 6.78. The summed E-state index contributed by atoms with van der Waals surface area (Å²) in [4.78, 5) is 15.7. The summed E-state index contributed by atoms with van der Waals surface area (Å²) in [5.41, 5.74) is 0. The number of carbonyl (C=O) groups is 1. The fraction of sp³-hybridized carbons (Fsp3) is 0.810. The van der Waals surface area contributed by atoms with Crippen molar-refractivity contribution in [3.8, 4) is 0 Å². The normalized spacial score (nSPS) is 11.0.